The fourth-order valence-corrected chi connectivity index (χ4v) is 1.97. The Morgan fingerprint density at radius 2 is 2.15 bits per heavy atom. The van der Waals surface area contributed by atoms with E-state index in [4.69, 9.17) is 0 Å². The van der Waals surface area contributed by atoms with Gasteiger partial charge in [-0.2, -0.15) is 8.78 Å². The van der Waals surface area contributed by atoms with Crippen molar-refractivity contribution in [3.8, 4) is 5.75 Å². The third-order valence-corrected chi connectivity index (χ3v) is 2.98. The maximum absolute atomic E-state index is 12.2. The minimum Gasteiger partial charge on any atom is -0.434 e. The predicted molar refractivity (Wildman–Crippen MR) is 72.7 cm³/mol. The van der Waals surface area contributed by atoms with Gasteiger partial charge in [-0.05, 0) is 28.1 Å². The van der Waals surface area contributed by atoms with Crippen LogP contribution in [0.5, 0.6) is 5.75 Å². The van der Waals surface area contributed by atoms with Crippen LogP contribution in [-0.2, 0) is 6.54 Å². The molecule has 0 radical (unpaired) electrons. The number of aromatic amines is 1. The Morgan fingerprint density at radius 1 is 1.40 bits per heavy atom. The van der Waals surface area contributed by atoms with Gasteiger partial charge in [-0.1, -0.05) is 18.2 Å². The van der Waals surface area contributed by atoms with Crippen LogP contribution in [-0.4, -0.2) is 17.5 Å². The maximum atomic E-state index is 12.2. The van der Waals surface area contributed by atoms with Crippen molar-refractivity contribution in [2.75, 3.05) is 0 Å². The number of amides is 1. The molecule has 1 heterocycles. The Bertz CT molecular complexity index is 602. The van der Waals surface area contributed by atoms with E-state index < -0.39 is 6.61 Å². The number of hydrogen-bond donors (Lipinski definition) is 2. The molecule has 0 unspecified atom stereocenters. The van der Waals surface area contributed by atoms with Gasteiger partial charge < -0.3 is 15.0 Å². The van der Waals surface area contributed by atoms with Crippen LogP contribution in [0.1, 0.15) is 16.1 Å². The molecule has 0 bridgehead atoms. The summed E-state index contributed by atoms with van der Waals surface area (Å²) >= 11 is 3.22. The number of carbonyl (C=O) groups excluding carboxylic acids is 1. The summed E-state index contributed by atoms with van der Waals surface area (Å²) in [6.07, 6.45) is 1.63. The Kier molecular flexibility index (Phi) is 4.73. The van der Waals surface area contributed by atoms with E-state index in [9.17, 15) is 13.6 Å². The zero-order valence-electron chi connectivity index (χ0n) is 10.2. The highest BCUT2D eigenvalue weighted by Crippen LogP contribution is 2.20. The van der Waals surface area contributed by atoms with E-state index in [1.54, 1.807) is 30.5 Å². The second-order valence-corrected chi connectivity index (χ2v) is 4.82. The molecule has 0 aliphatic heterocycles. The van der Waals surface area contributed by atoms with E-state index in [0.717, 1.165) is 4.47 Å². The standard InChI is InChI=1S/C13H11BrF2N2O2/c14-9-5-10(17-7-9)12(19)18-6-8-3-1-2-4-11(8)20-13(15)16/h1-5,7,13,17H,6H2,(H,18,19). The van der Waals surface area contributed by atoms with Crippen molar-refractivity contribution in [1.29, 1.82) is 0 Å². The largest absolute Gasteiger partial charge is 0.434 e. The number of aromatic nitrogens is 1. The van der Waals surface area contributed by atoms with Crippen molar-refractivity contribution in [3.63, 3.8) is 0 Å². The molecule has 1 amide bonds. The van der Waals surface area contributed by atoms with Crippen molar-refractivity contribution in [2.24, 2.45) is 0 Å². The maximum Gasteiger partial charge on any atom is 0.387 e. The summed E-state index contributed by atoms with van der Waals surface area (Å²) < 4.78 is 29.6. The molecule has 2 rings (SSSR count). The van der Waals surface area contributed by atoms with Crippen LogP contribution in [0.15, 0.2) is 41.0 Å². The first-order valence-electron chi connectivity index (χ1n) is 5.71. The summed E-state index contributed by atoms with van der Waals surface area (Å²) in [6, 6.07) is 7.94. The molecule has 0 saturated heterocycles. The lowest BCUT2D eigenvalue weighted by atomic mass is 10.2. The molecule has 106 valence electrons. The number of H-pyrrole nitrogens is 1. The Hall–Kier alpha value is -1.89. The Morgan fingerprint density at radius 3 is 2.80 bits per heavy atom. The zero-order chi connectivity index (χ0) is 14.5. The van der Waals surface area contributed by atoms with Gasteiger partial charge in [-0.15, -0.1) is 0 Å². The minimum atomic E-state index is -2.90. The molecule has 1 aromatic heterocycles. The fraction of sp³-hybridized carbons (Fsp3) is 0.154. The van der Waals surface area contributed by atoms with E-state index in [1.807, 2.05) is 0 Å². The third kappa shape index (κ3) is 3.80. The number of hydrogen-bond acceptors (Lipinski definition) is 2. The summed E-state index contributed by atoms with van der Waals surface area (Å²) in [5.74, 6) is -0.280. The lowest BCUT2D eigenvalue weighted by molar-refractivity contribution is -0.0504. The molecule has 4 nitrogen and oxygen atoms in total. The summed E-state index contributed by atoms with van der Waals surface area (Å²) in [7, 11) is 0. The van der Waals surface area contributed by atoms with Gasteiger partial charge in [0.2, 0.25) is 0 Å². The third-order valence-electron chi connectivity index (χ3n) is 2.52. The van der Waals surface area contributed by atoms with E-state index >= 15 is 0 Å². The first kappa shape index (κ1) is 14.5. The molecule has 0 spiro atoms. The van der Waals surface area contributed by atoms with Crippen LogP contribution >= 0.6 is 15.9 Å². The van der Waals surface area contributed by atoms with Crippen molar-refractivity contribution < 1.29 is 18.3 Å². The number of benzene rings is 1. The minimum absolute atomic E-state index is 0.0514. The van der Waals surface area contributed by atoms with Gasteiger partial charge in [-0.3, -0.25) is 4.79 Å². The van der Waals surface area contributed by atoms with Crippen LogP contribution < -0.4 is 10.1 Å². The van der Waals surface area contributed by atoms with Crippen molar-refractivity contribution >= 4 is 21.8 Å². The monoisotopic (exact) mass is 344 g/mol. The molecule has 0 atom stereocenters. The van der Waals surface area contributed by atoms with E-state index in [0.29, 0.717) is 11.3 Å². The van der Waals surface area contributed by atoms with Gasteiger partial charge in [0.1, 0.15) is 11.4 Å². The lowest BCUT2D eigenvalue weighted by Gasteiger charge is -2.11. The van der Waals surface area contributed by atoms with Gasteiger partial charge in [-0.25, -0.2) is 0 Å². The average molecular weight is 345 g/mol. The summed E-state index contributed by atoms with van der Waals surface area (Å²) in [5, 5.41) is 2.63. The second-order valence-electron chi connectivity index (χ2n) is 3.90. The number of nitrogens with one attached hydrogen (secondary N) is 2. The second kappa shape index (κ2) is 6.51. The SMILES string of the molecule is O=C(NCc1ccccc1OC(F)F)c1cc(Br)c[nH]1. The topological polar surface area (TPSA) is 54.1 Å². The highest BCUT2D eigenvalue weighted by molar-refractivity contribution is 9.10. The van der Waals surface area contributed by atoms with Gasteiger partial charge in [0.05, 0.1) is 0 Å². The molecule has 2 N–H and O–H groups in total. The summed E-state index contributed by atoms with van der Waals surface area (Å²) in [5.41, 5.74) is 0.857. The van der Waals surface area contributed by atoms with Gasteiger partial charge in [0.15, 0.2) is 0 Å². The van der Waals surface area contributed by atoms with E-state index in [1.165, 1.54) is 6.07 Å². The number of ether oxygens (including phenoxy) is 1. The average Bonchev–Trinajstić information content (AvgIpc) is 2.83. The molecule has 2 aromatic rings. The Balaban J connectivity index is 2.02. The van der Waals surface area contributed by atoms with Crippen LogP contribution in [0, 0.1) is 0 Å². The molecule has 1 aromatic carbocycles. The van der Waals surface area contributed by atoms with E-state index in [2.05, 4.69) is 31.0 Å². The van der Waals surface area contributed by atoms with Crippen LogP contribution in [0.3, 0.4) is 0 Å². The highest BCUT2D eigenvalue weighted by Gasteiger charge is 2.11. The van der Waals surface area contributed by atoms with Gasteiger partial charge in [0, 0.05) is 22.8 Å². The summed E-state index contributed by atoms with van der Waals surface area (Å²) in [6.45, 7) is -2.80. The van der Waals surface area contributed by atoms with Crippen molar-refractivity contribution in [3.05, 3.63) is 52.3 Å². The normalized spacial score (nSPS) is 10.6. The quantitative estimate of drug-likeness (QED) is 0.874. The van der Waals surface area contributed by atoms with Crippen molar-refractivity contribution in [1.82, 2.24) is 10.3 Å². The fourth-order valence-electron chi connectivity index (χ4n) is 1.63. The number of rotatable bonds is 5. The van der Waals surface area contributed by atoms with Crippen molar-refractivity contribution in [2.45, 2.75) is 13.2 Å². The summed E-state index contributed by atoms with van der Waals surface area (Å²) in [4.78, 5) is 14.6. The lowest BCUT2D eigenvalue weighted by Crippen LogP contribution is -2.23. The molecule has 0 saturated carbocycles. The van der Waals surface area contributed by atoms with Crippen LogP contribution in [0.2, 0.25) is 0 Å². The van der Waals surface area contributed by atoms with Crippen LogP contribution in [0.25, 0.3) is 0 Å². The first-order valence-corrected chi connectivity index (χ1v) is 6.50. The molecule has 20 heavy (non-hydrogen) atoms. The van der Waals surface area contributed by atoms with Gasteiger partial charge in [0.25, 0.3) is 5.91 Å². The Labute approximate surface area is 122 Å². The molecule has 0 aliphatic rings. The van der Waals surface area contributed by atoms with Gasteiger partial charge >= 0.3 is 6.61 Å². The first-order chi connectivity index (χ1) is 9.56. The number of para-hydroxylation sites is 1. The smallest absolute Gasteiger partial charge is 0.387 e. The molecule has 0 aliphatic carbocycles. The number of carbonyl (C=O) groups is 1. The van der Waals surface area contributed by atoms with E-state index in [-0.39, 0.29) is 18.2 Å². The number of alkyl halides is 2. The molecular weight excluding hydrogens is 334 g/mol. The van der Waals surface area contributed by atoms with Crippen LogP contribution in [0.4, 0.5) is 8.78 Å². The highest BCUT2D eigenvalue weighted by atomic mass is 79.9. The molecular formula is C13H11BrF2N2O2. The number of halogens is 3. The zero-order valence-corrected chi connectivity index (χ0v) is 11.8. The molecule has 0 fully saturated rings. The predicted octanol–water partition coefficient (Wildman–Crippen LogP) is 3.31. The molecule has 7 heteroatoms.